The van der Waals surface area contributed by atoms with Crippen LogP contribution in [0.15, 0.2) is 18.3 Å². The predicted octanol–water partition coefficient (Wildman–Crippen LogP) is 5.19. The number of hydrogen-bond acceptors (Lipinski definition) is 3. The highest BCUT2D eigenvalue weighted by Crippen LogP contribution is 2.38. The van der Waals surface area contributed by atoms with Crippen molar-refractivity contribution >= 4 is 29.6 Å². The maximum atomic E-state index is 6.34. The van der Waals surface area contributed by atoms with E-state index >= 15 is 0 Å². The molecular weight excluding hydrogens is 322 g/mol. The van der Waals surface area contributed by atoms with Gasteiger partial charge in [-0.25, -0.2) is 0 Å². The summed E-state index contributed by atoms with van der Waals surface area (Å²) in [5.41, 5.74) is 1.67. The van der Waals surface area contributed by atoms with Crippen LogP contribution >= 0.6 is 11.6 Å². The summed E-state index contributed by atoms with van der Waals surface area (Å²) in [4.78, 5) is 0. The fourth-order valence-corrected chi connectivity index (χ4v) is 3.44. The highest BCUT2D eigenvalue weighted by molar-refractivity contribution is 6.45. The van der Waals surface area contributed by atoms with Crippen LogP contribution in [-0.2, 0) is 9.31 Å². The summed E-state index contributed by atoms with van der Waals surface area (Å²) >= 11 is 6.34. The van der Waals surface area contributed by atoms with Crippen LogP contribution in [0.25, 0.3) is 10.9 Å². The minimum Gasteiger partial charge on any atom is -0.403 e. The van der Waals surface area contributed by atoms with Gasteiger partial charge in [-0.15, -0.1) is 0 Å². The summed E-state index contributed by atoms with van der Waals surface area (Å²) in [6.45, 7) is 10.6. The van der Waals surface area contributed by atoms with Crippen LogP contribution in [0.1, 0.15) is 58.9 Å². The van der Waals surface area contributed by atoms with Gasteiger partial charge in [-0.1, -0.05) is 24.9 Å². The lowest BCUT2D eigenvalue weighted by atomic mass is 9.80. The van der Waals surface area contributed by atoms with Gasteiger partial charge in [-0.3, -0.25) is 5.10 Å². The lowest BCUT2D eigenvalue weighted by Gasteiger charge is -2.32. The van der Waals surface area contributed by atoms with Crippen LogP contribution in [0, 0.1) is 0 Å². The van der Waals surface area contributed by atoms with Gasteiger partial charge in [0.05, 0.1) is 27.9 Å². The molecule has 1 unspecified atom stereocenters. The highest BCUT2D eigenvalue weighted by atomic mass is 35.5. The normalized spacial score (nSPS) is 20.7. The lowest BCUT2D eigenvalue weighted by molar-refractivity contribution is 0.00578. The first kappa shape index (κ1) is 17.8. The van der Waals surface area contributed by atoms with E-state index in [-0.39, 0.29) is 18.3 Å². The minimum absolute atomic E-state index is 0.109. The van der Waals surface area contributed by atoms with Crippen LogP contribution in [0.5, 0.6) is 0 Å². The number of benzene rings is 1. The number of halogens is 1. The fraction of sp³-hybridized carbons (Fsp3) is 0.611. The Kier molecular flexibility index (Phi) is 4.71. The molecule has 130 valence electrons. The number of hydrogen-bond donors (Lipinski definition) is 1. The van der Waals surface area contributed by atoms with Gasteiger partial charge in [-0.05, 0) is 64.1 Å². The van der Waals surface area contributed by atoms with E-state index < -0.39 is 0 Å². The van der Waals surface area contributed by atoms with E-state index in [4.69, 9.17) is 20.9 Å². The zero-order chi connectivity index (χ0) is 17.5. The SMILES string of the molecule is CC(CCCB1OC(C)(C)C(C)(C)O1)c1cc(Cl)c2[nH]ncc2c1. The molecule has 24 heavy (non-hydrogen) atoms. The maximum absolute atomic E-state index is 6.34. The molecule has 1 aromatic heterocycles. The van der Waals surface area contributed by atoms with Crippen LogP contribution in [0.4, 0.5) is 0 Å². The average Bonchev–Trinajstić information content (AvgIpc) is 3.01. The third-order valence-corrected chi connectivity index (χ3v) is 5.77. The second-order valence-electron chi connectivity index (χ2n) is 7.85. The Morgan fingerprint density at radius 2 is 1.88 bits per heavy atom. The van der Waals surface area contributed by atoms with Crippen molar-refractivity contribution in [2.45, 2.75) is 70.9 Å². The van der Waals surface area contributed by atoms with E-state index in [0.717, 1.165) is 35.1 Å². The van der Waals surface area contributed by atoms with E-state index in [2.05, 4.69) is 50.9 Å². The van der Waals surface area contributed by atoms with Gasteiger partial charge in [0, 0.05) is 5.39 Å². The Bertz CT molecular complexity index is 713. The Hall–Kier alpha value is -1.04. The van der Waals surface area contributed by atoms with E-state index in [9.17, 15) is 0 Å². The number of aromatic nitrogens is 2. The molecule has 0 aliphatic carbocycles. The van der Waals surface area contributed by atoms with Crippen molar-refractivity contribution in [2.24, 2.45) is 0 Å². The predicted molar refractivity (Wildman–Crippen MR) is 99.6 cm³/mol. The number of H-pyrrole nitrogens is 1. The molecule has 4 nitrogen and oxygen atoms in total. The number of fused-ring (bicyclic) bond motifs is 1. The summed E-state index contributed by atoms with van der Waals surface area (Å²) in [6, 6.07) is 4.21. The zero-order valence-corrected chi connectivity index (χ0v) is 15.9. The molecule has 3 rings (SSSR count). The van der Waals surface area contributed by atoms with Crippen LogP contribution in [0.3, 0.4) is 0 Å². The Balaban J connectivity index is 1.57. The third kappa shape index (κ3) is 3.35. The fourth-order valence-electron chi connectivity index (χ4n) is 3.16. The minimum atomic E-state index is -0.247. The molecule has 1 fully saturated rings. The molecule has 1 aliphatic heterocycles. The molecule has 0 bridgehead atoms. The van der Waals surface area contributed by atoms with Crippen molar-refractivity contribution in [2.75, 3.05) is 0 Å². The van der Waals surface area contributed by atoms with Crippen molar-refractivity contribution in [1.29, 1.82) is 0 Å². The van der Waals surface area contributed by atoms with Crippen molar-refractivity contribution in [1.82, 2.24) is 10.2 Å². The molecule has 2 heterocycles. The van der Waals surface area contributed by atoms with Gasteiger partial charge in [-0.2, -0.15) is 5.10 Å². The molecule has 1 aliphatic rings. The van der Waals surface area contributed by atoms with Gasteiger partial charge in [0.2, 0.25) is 0 Å². The molecule has 1 saturated heterocycles. The van der Waals surface area contributed by atoms with E-state index in [1.165, 1.54) is 5.56 Å². The van der Waals surface area contributed by atoms with Crippen LogP contribution in [-0.4, -0.2) is 28.5 Å². The van der Waals surface area contributed by atoms with Gasteiger partial charge in [0.25, 0.3) is 0 Å². The molecule has 0 radical (unpaired) electrons. The van der Waals surface area contributed by atoms with E-state index in [0.29, 0.717) is 5.92 Å². The summed E-state index contributed by atoms with van der Waals surface area (Å²) in [5, 5.41) is 8.80. The van der Waals surface area contributed by atoms with Crippen LogP contribution < -0.4 is 0 Å². The summed E-state index contributed by atoms with van der Waals surface area (Å²) < 4.78 is 12.1. The molecule has 0 amide bonds. The molecule has 2 aromatic rings. The standard InChI is InChI=1S/C18H26BClN2O2/c1-12(13-9-14-11-21-22-16(14)15(20)10-13)7-6-8-19-23-17(2,3)18(4,5)24-19/h9-12H,6-8H2,1-5H3,(H,21,22). The quantitative estimate of drug-likeness (QED) is 0.756. The van der Waals surface area contributed by atoms with Gasteiger partial charge >= 0.3 is 7.12 Å². The topological polar surface area (TPSA) is 47.1 Å². The van der Waals surface area contributed by atoms with E-state index in [1.54, 1.807) is 0 Å². The van der Waals surface area contributed by atoms with Crippen LogP contribution in [0.2, 0.25) is 11.3 Å². The number of nitrogens with zero attached hydrogens (tertiary/aromatic N) is 1. The van der Waals surface area contributed by atoms with Gasteiger partial charge in [0.1, 0.15) is 0 Å². The van der Waals surface area contributed by atoms with E-state index in [1.807, 2.05) is 12.3 Å². The maximum Gasteiger partial charge on any atom is 0.457 e. The van der Waals surface area contributed by atoms with Gasteiger partial charge < -0.3 is 9.31 Å². The smallest absolute Gasteiger partial charge is 0.403 e. The number of nitrogens with one attached hydrogen (secondary N) is 1. The zero-order valence-electron chi connectivity index (χ0n) is 15.1. The molecular formula is C18H26BClN2O2. The number of aromatic amines is 1. The monoisotopic (exact) mass is 348 g/mol. The van der Waals surface area contributed by atoms with Crippen molar-refractivity contribution in [3.8, 4) is 0 Å². The second kappa shape index (κ2) is 6.36. The Labute approximate surface area is 149 Å². The third-order valence-electron chi connectivity index (χ3n) is 5.47. The molecule has 1 aromatic carbocycles. The largest absolute Gasteiger partial charge is 0.457 e. The lowest BCUT2D eigenvalue weighted by Crippen LogP contribution is -2.41. The van der Waals surface area contributed by atoms with Gasteiger partial charge in [0.15, 0.2) is 0 Å². The first-order valence-electron chi connectivity index (χ1n) is 8.68. The van der Waals surface area contributed by atoms with Crippen molar-refractivity contribution in [3.63, 3.8) is 0 Å². The first-order valence-corrected chi connectivity index (χ1v) is 9.05. The molecule has 1 atom stereocenters. The summed E-state index contributed by atoms with van der Waals surface area (Å²) in [6.07, 6.45) is 4.86. The molecule has 0 saturated carbocycles. The van der Waals surface area contributed by atoms with Crippen molar-refractivity contribution in [3.05, 3.63) is 28.9 Å². The first-order chi connectivity index (χ1) is 11.2. The summed E-state index contributed by atoms with van der Waals surface area (Å²) in [7, 11) is -0.109. The highest BCUT2D eigenvalue weighted by Gasteiger charge is 2.50. The second-order valence-corrected chi connectivity index (χ2v) is 8.26. The Morgan fingerprint density at radius 3 is 2.54 bits per heavy atom. The number of rotatable bonds is 5. The average molecular weight is 349 g/mol. The Morgan fingerprint density at radius 1 is 1.21 bits per heavy atom. The molecule has 1 N–H and O–H groups in total. The summed E-state index contributed by atoms with van der Waals surface area (Å²) in [5.74, 6) is 0.434. The molecule has 0 spiro atoms. The molecule has 6 heteroatoms. The van der Waals surface area contributed by atoms with Crippen molar-refractivity contribution < 1.29 is 9.31 Å².